The SMILES string of the molecule is CN1CCCC2(CCN(C(=O)c3cc(C4CC4)no3)C2)C1=O. The maximum absolute atomic E-state index is 12.6. The summed E-state index contributed by atoms with van der Waals surface area (Å²) < 4.78 is 5.23. The van der Waals surface area contributed by atoms with E-state index in [0.29, 0.717) is 24.8 Å². The highest BCUT2D eigenvalue weighted by Gasteiger charge is 2.49. The van der Waals surface area contributed by atoms with Crippen molar-refractivity contribution in [1.82, 2.24) is 15.0 Å². The van der Waals surface area contributed by atoms with E-state index in [9.17, 15) is 9.59 Å². The van der Waals surface area contributed by atoms with Crippen molar-refractivity contribution >= 4 is 11.8 Å². The monoisotopic (exact) mass is 303 g/mol. The van der Waals surface area contributed by atoms with Crippen molar-refractivity contribution in [2.45, 2.75) is 38.0 Å². The van der Waals surface area contributed by atoms with Crippen LogP contribution in [0.3, 0.4) is 0 Å². The molecule has 0 aromatic carbocycles. The van der Waals surface area contributed by atoms with E-state index in [1.807, 2.05) is 7.05 Å². The molecule has 4 rings (SSSR count). The normalized spacial score (nSPS) is 28.7. The molecular formula is C16H21N3O3. The Bertz CT molecular complexity index is 622. The molecular weight excluding hydrogens is 282 g/mol. The standard InChI is InChI=1S/C16H21N3O3/c1-18-7-2-5-16(15(18)21)6-8-19(10-16)14(20)13-9-12(17-22-13)11-3-4-11/h9,11H,2-8,10H2,1H3. The quantitative estimate of drug-likeness (QED) is 0.833. The molecule has 22 heavy (non-hydrogen) atoms. The molecule has 1 unspecified atom stereocenters. The Kier molecular flexibility index (Phi) is 3.03. The summed E-state index contributed by atoms with van der Waals surface area (Å²) in [5.74, 6) is 0.849. The summed E-state index contributed by atoms with van der Waals surface area (Å²) >= 11 is 0. The molecule has 2 saturated heterocycles. The molecule has 1 aliphatic carbocycles. The van der Waals surface area contributed by atoms with Gasteiger partial charge in [0, 0.05) is 38.7 Å². The number of carbonyl (C=O) groups excluding carboxylic acids is 2. The highest BCUT2D eigenvalue weighted by molar-refractivity contribution is 5.93. The zero-order valence-corrected chi connectivity index (χ0v) is 12.9. The van der Waals surface area contributed by atoms with E-state index in [2.05, 4.69) is 5.16 Å². The van der Waals surface area contributed by atoms with Gasteiger partial charge in [0.25, 0.3) is 5.91 Å². The van der Waals surface area contributed by atoms with Crippen LogP contribution in [0, 0.1) is 5.41 Å². The largest absolute Gasteiger partial charge is 0.351 e. The smallest absolute Gasteiger partial charge is 0.292 e. The minimum atomic E-state index is -0.373. The van der Waals surface area contributed by atoms with Crippen LogP contribution in [0.4, 0.5) is 0 Å². The lowest BCUT2D eigenvalue weighted by Crippen LogP contribution is -2.48. The highest BCUT2D eigenvalue weighted by atomic mass is 16.5. The van der Waals surface area contributed by atoms with Gasteiger partial charge >= 0.3 is 0 Å². The molecule has 2 amide bonds. The van der Waals surface area contributed by atoms with Crippen molar-refractivity contribution in [2.24, 2.45) is 5.41 Å². The molecule has 1 saturated carbocycles. The molecule has 1 spiro atoms. The van der Waals surface area contributed by atoms with Crippen LogP contribution in [0.25, 0.3) is 0 Å². The molecule has 0 bridgehead atoms. The molecule has 2 aliphatic heterocycles. The fourth-order valence-electron chi connectivity index (χ4n) is 3.81. The molecule has 118 valence electrons. The third kappa shape index (κ3) is 2.12. The van der Waals surface area contributed by atoms with E-state index in [1.165, 1.54) is 0 Å². The zero-order valence-electron chi connectivity index (χ0n) is 12.9. The van der Waals surface area contributed by atoms with Gasteiger partial charge in [0.2, 0.25) is 11.7 Å². The van der Waals surface area contributed by atoms with Gasteiger partial charge in [-0.05, 0) is 32.1 Å². The van der Waals surface area contributed by atoms with E-state index in [-0.39, 0.29) is 17.2 Å². The number of nitrogens with zero attached hydrogens (tertiary/aromatic N) is 3. The average molecular weight is 303 g/mol. The van der Waals surface area contributed by atoms with Gasteiger partial charge < -0.3 is 14.3 Å². The van der Waals surface area contributed by atoms with E-state index < -0.39 is 0 Å². The fourth-order valence-corrected chi connectivity index (χ4v) is 3.81. The number of aromatic nitrogens is 1. The summed E-state index contributed by atoms with van der Waals surface area (Å²) in [5.41, 5.74) is 0.521. The lowest BCUT2D eigenvalue weighted by Gasteiger charge is -2.37. The topological polar surface area (TPSA) is 66.7 Å². The molecule has 0 N–H and O–H groups in total. The van der Waals surface area contributed by atoms with Crippen LogP contribution in [0.2, 0.25) is 0 Å². The van der Waals surface area contributed by atoms with E-state index in [4.69, 9.17) is 4.52 Å². The fraction of sp³-hybridized carbons (Fsp3) is 0.688. The second-order valence-corrected chi connectivity index (χ2v) is 6.98. The van der Waals surface area contributed by atoms with Gasteiger partial charge in [0.05, 0.1) is 11.1 Å². The van der Waals surface area contributed by atoms with E-state index >= 15 is 0 Å². The Morgan fingerprint density at radius 1 is 1.36 bits per heavy atom. The summed E-state index contributed by atoms with van der Waals surface area (Å²) in [6, 6.07) is 1.78. The number of hydrogen-bond donors (Lipinski definition) is 0. The van der Waals surface area contributed by atoms with Crippen molar-refractivity contribution in [3.63, 3.8) is 0 Å². The average Bonchev–Trinajstić information content (AvgIpc) is 3.10. The second kappa shape index (κ2) is 4.83. The third-order valence-corrected chi connectivity index (χ3v) is 5.33. The van der Waals surface area contributed by atoms with Gasteiger partial charge in [-0.25, -0.2) is 0 Å². The Morgan fingerprint density at radius 2 is 2.18 bits per heavy atom. The van der Waals surface area contributed by atoms with Crippen molar-refractivity contribution in [3.8, 4) is 0 Å². The number of likely N-dealkylation sites (tertiary alicyclic amines) is 2. The van der Waals surface area contributed by atoms with E-state index in [0.717, 1.165) is 44.3 Å². The van der Waals surface area contributed by atoms with Gasteiger partial charge in [0.15, 0.2) is 0 Å². The van der Waals surface area contributed by atoms with Crippen LogP contribution in [-0.4, -0.2) is 53.5 Å². The van der Waals surface area contributed by atoms with Gasteiger partial charge in [-0.3, -0.25) is 9.59 Å². The van der Waals surface area contributed by atoms with Crippen LogP contribution in [0.1, 0.15) is 54.3 Å². The summed E-state index contributed by atoms with van der Waals surface area (Å²) in [6.45, 7) is 1.95. The van der Waals surface area contributed by atoms with Crippen LogP contribution >= 0.6 is 0 Å². The minimum absolute atomic E-state index is 0.127. The van der Waals surface area contributed by atoms with Crippen LogP contribution < -0.4 is 0 Å². The molecule has 0 radical (unpaired) electrons. The molecule has 3 heterocycles. The zero-order chi connectivity index (χ0) is 15.3. The first-order chi connectivity index (χ1) is 10.6. The maximum atomic E-state index is 12.6. The molecule has 3 fully saturated rings. The molecule has 6 nitrogen and oxygen atoms in total. The maximum Gasteiger partial charge on any atom is 0.292 e. The van der Waals surface area contributed by atoms with Gasteiger partial charge in [-0.2, -0.15) is 0 Å². The first-order valence-corrected chi connectivity index (χ1v) is 8.10. The van der Waals surface area contributed by atoms with Crippen molar-refractivity contribution in [2.75, 3.05) is 26.7 Å². The number of carbonyl (C=O) groups is 2. The number of rotatable bonds is 2. The Balaban J connectivity index is 1.49. The molecule has 1 aromatic heterocycles. The Labute approximate surface area is 129 Å². The van der Waals surface area contributed by atoms with Gasteiger partial charge in [0.1, 0.15) is 0 Å². The summed E-state index contributed by atoms with van der Waals surface area (Å²) in [4.78, 5) is 28.7. The Morgan fingerprint density at radius 3 is 2.95 bits per heavy atom. The van der Waals surface area contributed by atoms with Crippen molar-refractivity contribution in [3.05, 3.63) is 17.5 Å². The lowest BCUT2D eigenvalue weighted by molar-refractivity contribution is -0.143. The molecule has 6 heteroatoms. The first kappa shape index (κ1) is 13.8. The minimum Gasteiger partial charge on any atom is -0.351 e. The third-order valence-electron chi connectivity index (χ3n) is 5.33. The summed E-state index contributed by atoms with van der Waals surface area (Å²) in [7, 11) is 1.85. The highest BCUT2D eigenvalue weighted by Crippen LogP contribution is 2.41. The summed E-state index contributed by atoms with van der Waals surface area (Å²) in [6.07, 6.45) is 4.91. The van der Waals surface area contributed by atoms with Gasteiger partial charge in [-0.1, -0.05) is 5.16 Å². The number of amides is 2. The van der Waals surface area contributed by atoms with Gasteiger partial charge in [-0.15, -0.1) is 0 Å². The van der Waals surface area contributed by atoms with Crippen LogP contribution in [0.5, 0.6) is 0 Å². The molecule has 1 aromatic rings. The summed E-state index contributed by atoms with van der Waals surface area (Å²) in [5, 5.41) is 4.00. The molecule has 3 aliphatic rings. The predicted octanol–water partition coefficient (Wildman–Crippen LogP) is 1.64. The van der Waals surface area contributed by atoms with E-state index in [1.54, 1.807) is 15.9 Å². The van der Waals surface area contributed by atoms with Crippen molar-refractivity contribution < 1.29 is 14.1 Å². The van der Waals surface area contributed by atoms with Crippen molar-refractivity contribution in [1.29, 1.82) is 0 Å². The number of hydrogen-bond acceptors (Lipinski definition) is 4. The second-order valence-electron chi connectivity index (χ2n) is 6.98. The van der Waals surface area contributed by atoms with Crippen LogP contribution in [-0.2, 0) is 4.79 Å². The molecule has 1 atom stereocenters. The lowest BCUT2D eigenvalue weighted by atomic mass is 9.78. The first-order valence-electron chi connectivity index (χ1n) is 8.10. The Hall–Kier alpha value is -1.85. The van der Waals surface area contributed by atoms with Crippen LogP contribution in [0.15, 0.2) is 10.6 Å². The number of piperidine rings is 1. The predicted molar refractivity (Wildman–Crippen MR) is 78.3 cm³/mol.